The number of hydrogen-bond donors (Lipinski definition) is 1. The van der Waals surface area contributed by atoms with Gasteiger partial charge in [0.2, 0.25) is 0 Å². The molecule has 3 heterocycles. The zero-order valence-electron chi connectivity index (χ0n) is 14.3. The second-order valence-electron chi connectivity index (χ2n) is 6.61. The summed E-state index contributed by atoms with van der Waals surface area (Å²) >= 11 is 7.77. The first-order valence-electron chi connectivity index (χ1n) is 8.79. The monoisotopic (exact) mass is 385 g/mol. The Balaban J connectivity index is 1.37. The number of benzene rings is 1. The summed E-state index contributed by atoms with van der Waals surface area (Å²) in [5, 5.41) is 6.84. The average molecular weight is 386 g/mol. The van der Waals surface area contributed by atoms with Crippen LogP contribution in [0.2, 0.25) is 5.02 Å². The van der Waals surface area contributed by atoms with Crippen LogP contribution in [0.1, 0.15) is 28.1 Å². The van der Waals surface area contributed by atoms with Crippen LogP contribution in [0, 0.1) is 0 Å². The zero-order chi connectivity index (χ0) is 17.9. The third-order valence-corrected chi connectivity index (χ3v) is 6.06. The summed E-state index contributed by atoms with van der Waals surface area (Å²) < 4.78 is 0. The summed E-state index contributed by atoms with van der Waals surface area (Å²) in [5.74, 6) is 0.0475. The van der Waals surface area contributed by atoms with E-state index >= 15 is 0 Å². The van der Waals surface area contributed by atoms with Crippen molar-refractivity contribution in [2.45, 2.75) is 25.4 Å². The summed E-state index contributed by atoms with van der Waals surface area (Å²) in [6.45, 7) is 2.79. The first kappa shape index (κ1) is 17.5. The largest absolute Gasteiger partial charge is 0.349 e. The Labute approximate surface area is 161 Å². The second kappa shape index (κ2) is 7.74. The van der Waals surface area contributed by atoms with Gasteiger partial charge < -0.3 is 5.32 Å². The van der Waals surface area contributed by atoms with E-state index in [0.29, 0.717) is 0 Å². The quantitative estimate of drug-likeness (QED) is 0.726. The average Bonchev–Trinajstić information content (AvgIpc) is 3.21. The second-order valence-corrected chi connectivity index (χ2v) is 7.96. The van der Waals surface area contributed by atoms with Gasteiger partial charge in [0.1, 0.15) is 0 Å². The molecule has 1 aliphatic heterocycles. The fraction of sp³-hybridized carbons (Fsp3) is 0.300. The molecule has 0 atom stereocenters. The minimum Gasteiger partial charge on any atom is -0.349 e. The lowest BCUT2D eigenvalue weighted by Gasteiger charge is -2.32. The lowest BCUT2D eigenvalue weighted by Crippen LogP contribution is -2.44. The van der Waals surface area contributed by atoms with Crippen LogP contribution in [0.15, 0.2) is 48.0 Å². The number of thiophene rings is 1. The van der Waals surface area contributed by atoms with Gasteiger partial charge in [-0.1, -0.05) is 23.7 Å². The summed E-state index contributed by atoms with van der Waals surface area (Å²) in [7, 11) is 0. The van der Waals surface area contributed by atoms with E-state index in [1.54, 1.807) is 0 Å². The van der Waals surface area contributed by atoms with Gasteiger partial charge in [-0.25, -0.2) is 0 Å². The molecule has 2 aromatic heterocycles. The molecule has 0 unspecified atom stereocenters. The maximum Gasteiger partial charge on any atom is 0.261 e. The van der Waals surface area contributed by atoms with E-state index in [0.717, 1.165) is 53.3 Å². The fourth-order valence-corrected chi connectivity index (χ4v) is 4.31. The molecule has 3 aromatic rings. The van der Waals surface area contributed by atoms with Crippen molar-refractivity contribution in [3.63, 3.8) is 0 Å². The molecule has 1 amide bonds. The molecule has 0 radical (unpaired) electrons. The molecule has 6 heteroatoms. The standard InChI is InChI=1S/C20H20ClN3OS/c21-17-6-5-14(19-16(17)3-1-9-22-19)13-24-10-7-15(8-11-24)23-20(25)18-4-2-12-26-18/h1-6,9,12,15H,7-8,10-11,13H2,(H,23,25). The van der Waals surface area contributed by atoms with Crippen molar-refractivity contribution in [1.82, 2.24) is 15.2 Å². The van der Waals surface area contributed by atoms with Gasteiger partial charge in [-0.3, -0.25) is 14.7 Å². The molecule has 0 bridgehead atoms. The number of likely N-dealkylation sites (tertiary alicyclic amines) is 1. The molecule has 1 aliphatic rings. The number of amides is 1. The van der Waals surface area contributed by atoms with Crippen molar-refractivity contribution < 1.29 is 4.79 Å². The van der Waals surface area contributed by atoms with Gasteiger partial charge >= 0.3 is 0 Å². The summed E-state index contributed by atoms with van der Waals surface area (Å²) in [5.41, 5.74) is 2.18. The smallest absolute Gasteiger partial charge is 0.261 e. The first-order chi connectivity index (χ1) is 12.7. The molecule has 4 nitrogen and oxygen atoms in total. The van der Waals surface area contributed by atoms with Crippen molar-refractivity contribution in [2.75, 3.05) is 13.1 Å². The zero-order valence-corrected chi connectivity index (χ0v) is 15.9. The molecule has 0 aliphatic carbocycles. The molecule has 0 saturated carbocycles. The van der Waals surface area contributed by atoms with Crippen LogP contribution in [0.25, 0.3) is 10.9 Å². The van der Waals surface area contributed by atoms with Gasteiger partial charge in [-0.05, 0) is 48.1 Å². The van der Waals surface area contributed by atoms with Crippen molar-refractivity contribution in [3.8, 4) is 0 Å². The van der Waals surface area contributed by atoms with Crippen molar-refractivity contribution in [3.05, 3.63) is 63.4 Å². The van der Waals surface area contributed by atoms with E-state index in [-0.39, 0.29) is 11.9 Å². The number of piperidine rings is 1. The van der Waals surface area contributed by atoms with E-state index < -0.39 is 0 Å². The number of carbonyl (C=O) groups is 1. The van der Waals surface area contributed by atoms with Crippen LogP contribution in [0.5, 0.6) is 0 Å². The number of carbonyl (C=O) groups excluding carboxylic acids is 1. The highest BCUT2D eigenvalue weighted by Gasteiger charge is 2.22. The Kier molecular flexibility index (Phi) is 5.20. The molecule has 134 valence electrons. The summed E-state index contributed by atoms with van der Waals surface area (Å²) in [4.78, 5) is 19.9. The molecule has 4 rings (SSSR count). The molecular weight excluding hydrogens is 366 g/mol. The van der Waals surface area contributed by atoms with Crippen LogP contribution < -0.4 is 5.32 Å². The van der Waals surface area contributed by atoms with Gasteiger partial charge in [-0.15, -0.1) is 11.3 Å². The summed E-state index contributed by atoms with van der Waals surface area (Å²) in [6, 6.07) is 12.0. The van der Waals surface area contributed by atoms with Crippen LogP contribution >= 0.6 is 22.9 Å². The van der Waals surface area contributed by atoms with E-state index in [9.17, 15) is 4.79 Å². The third kappa shape index (κ3) is 3.75. The fourth-order valence-electron chi connectivity index (χ4n) is 3.46. The minimum atomic E-state index is 0.0475. The predicted octanol–water partition coefficient (Wildman–Crippen LogP) is 4.34. The van der Waals surface area contributed by atoms with E-state index in [1.165, 1.54) is 16.9 Å². The van der Waals surface area contributed by atoms with Crippen molar-refractivity contribution in [2.24, 2.45) is 0 Å². The molecular formula is C20H20ClN3OS. The number of rotatable bonds is 4. The molecule has 1 N–H and O–H groups in total. The lowest BCUT2D eigenvalue weighted by molar-refractivity contribution is 0.0913. The van der Waals surface area contributed by atoms with Crippen LogP contribution in [0.3, 0.4) is 0 Å². The maximum absolute atomic E-state index is 12.2. The highest BCUT2D eigenvalue weighted by molar-refractivity contribution is 7.12. The SMILES string of the molecule is O=C(NC1CCN(Cc2ccc(Cl)c3cccnc23)CC1)c1cccs1. The number of halogens is 1. The number of aromatic nitrogens is 1. The highest BCUT2D eigenvalue weighted by Crippen LogP contribution is 2.26. The summed E-state index contributed by atoms with van der Waals surface area (Å²) in [6.07, 6.45) is 3.75. The van der Waals surface area contributed by atoms with Gasteiger partial charge in [0, 0.05) is 42.3 Å². The van der Waals surface area contributed by atoms with Crippen LogP contribution in [0.4, 0.5) is 0 Å². The maximum atomic E-state index is 12.2. The highest BCUT2D eigenvalue weighted by atomic mass is 35.5. The van der Waals surface area contributed by atoms with Crippen LogP contribution in [-0.2, 0) is 6.54 Å². The number of nitrogens with one attached hydrogen (secondary N) is 1. The Morgan fingerprint density at radius 3 is 2.85 bits per heavy atom. The van der Waals surface area contributed by atoms with Gasteiger partial charge in [0.05, 0.1) is 10.4 Å². The molecule has 26 heavy (non-hydrogen) atoms. The topological polar surface area (TPSA) is 45.2 Å². The Morgan fingerprint density at radius 2 is 2.08 bits per heavy atom. The third-order valence-electron chi connectivity index (χ3n) is 4.86. The van der Waals surface area contributed by atoms with Crippen LogP contribution in [-0.4, -0.2) is 34.9 Å². The Hall–Kier alpha value is -1.95. The number of fused-ring (bicyclic) bond motifs is 1. The molecule has 1 aromatic carbocycles. The van der Waals surface area contributed by atoms with Gasteiger partial charge in [0.15, 0.2) is 0 Å². The number of nitrogens with zero attached hydrogens (tertiary/aromatic N) is 2. The van der Waals surface area contributed by atoms with Gasteiger partial charge in [-0.2, -0.15) is 0 Å². The Morgan fingerprint density at radius 1 is 1.23 bits per heavy atom. The van der Waals surface area contributed by atoms with E-state index in [2.05, 4.69) is 21.3 Å². The van der Waals surface area contributed by atoms with Crippen molar-refractivity contribution >= 4 is 39.7 Å². The minimum absolute atomic E-state index is 0.0475. The normalized spacial score (nSPS) is 16.0. The van der Waals surface area contributed by atoms with E-state index in [4.69, 9.17) is 11.6 Å². The van der Waals surface area contributed by atoms with Crippen molar-refractivity contribution in [1.29, 1.82) is 0 Å². The predicted molar refractivity (Wildman–Crippen MR) is 107 cm³/mol. The molecule has 1 saturated heterocycles. The number of pyridine rings is 1. The first-order valence-corrected chi connectivity index (χ1v) is 10.1. The molecule has 1 fully saturated rings. The number of hydrogen-bond acceptors (Lipinski definition) is 4. The lowest BCUT2D eigenvalue weighted by atomic mass is 10.0. The Bertz CT molecular complexity index is 905. The molecule has 0 spiro atoms. The van der Waals surface area contributed by atoms with Gasteiger partial charge in [0.25, 0.3) is 5.91 Å². The van der Waals surface area contributed by atoms with E-state index in [1.807, 2.05) is 41.9 Å².